The second kappa shape index (κ2) is 8.55. The summed E-state index contributed by atoms with van der Waals surface area (Å²) >= 11 is 0. The molecule has 0 saturated heterocycles. The smallest absolute Gasteiger partial charge is 0.256 e. The predicted octanol–water partition coefficient (Wildman–Crippen LogP) is 5.19. The van der Waals surface area contributed by atoms with Crippen LogP contribution in [-0.4, -0.2) is 19.7 Å². The first-order valence-electron chi connectivity index (χ1n) is 10.0. The number of nitrogens with one attached hydrogen (secondary N) is 2. The summed E-state index contributed by atoms with van der Waals surface area (Å²) in [7, 11) is -3.30. The molecule has 162 valence electrons. The molecule has 2 aromatic carbocycles. The van der Waals surface area contributed by atoms with Gasteiger partial charge in [-0.2, -0.15) is 0 Å². The third kappa shape index (κ3) is 6.18. The molecule has 0 amide bonds. The molecular formula is C25H28N2O3S. The molecule has 5 nitrogen and oxygen atoms in total. The van der Waals surface area contributed by atoms with Gasteiger partial charge in [0.05, 0.1) is 6.26 Å². The number of hydrogen-bond acceptors (Lipinski definition) is 3. The predicted molar refractivity (Wildman–Crippen MR) is 130 cm³/mol. The maximum Gasteiger partial charge on any atom is 0.256 e. The van der Waals surface area contributed by atoms with Gasteiger partial charge >= 0.3 is 0 Å². The highest BCUT2D eigenvalue weighted by atomic mass is 32.2. The number of aromatic amines is 1. The van der Waals surface area contributed by atoms with Crippen molar-refractivity contribution >= 4 is 27.9 Å². The Kier molecular flexibility index (Phi) is 6.23. The van der Waals surface area contributed by atoms with E-state index in [0.717, 1.165) is 34.2 Å². The zero-order valence-corrected chi connectivity index (χ0v) is 19.3. The van der Waals surface area contributed by atoms with Crippen LogP contribution in [0.3, 0.4) is 0 Å². The van der Waals surface area contributed by atoms with Crippen LogP contribution in [0.25, 0.3) is 23.3 Å². The van der Waals surface area contributed by atoms with Gasteiger partial charge in [-0.3, -0.25) is 9.52 Å². The molecule has 3 aromatic rings. The maximum absolute atomic E-state index is 12.5. The monoisotopic (exact) mass is 436 g/mol. The second-order valence-corrected chi connectivity index (χ2v) is 10.6. The normalized spacial score (nSPS) is 12.3. The van der Waals surface area contributed by atoms with Crippen LogP contribution < -0.4 is 10.3 Å². The van der Waals surface area contributed by atoms with Gasteiger partial charge in [-0.1, -0.05) is 57.2 Å². The van der Waals surface area contributed by atoms with E-state index >= 15 is 0 Å². The van der Waals surface area contributed by atoms with Crippen molar-refractivity contribution in [2.24, 2.45) is 0 Å². The number of benzene rings is 2. The average Bonchev–Trinajstić information content (AvgIpc) is 2.65. The van der Waals surface area contributed by atoms with Gasteiger partial charge in [-0.05, 0) is 64.9 Å². The summed E-state index contributed by atoms with van der Waals surface area (Å²) < 4.78 is 25.2. The van der Waals surface area contributed by atoms with Gasteiger partial charge in [0.15, 0.2) is 0 Å². The van der Waals surface area contributed by atoms with Crippen LogP contribution in [0.5, 0.6) is 0 Å². The molecule has 3 rings (SSSR count). The summed E-state index contributed by atoms with van der Waals surface area (Å²) in [4.78, 5) is 15.4. The van der Waals surface area contributed by atoms with E-state index in [-0.39, 0.29) is 11.0 Å². The number of rotatable bonds is 5. The van der Waals surface area contributed by atoms with Crippen LogP contribution in [0.15, 0.2) is 59.4 Å². The van der Waals surface area contributed by atoms with Crippen LogP contribution in [-0.2, 0) is 15.4 Å². The van der Waals surface area contributed by atoms with E-state index in [2.05, 4.69) is 42.6 Å². The molecule has 0 aliphatic carbocycles. The molecule has 31 heavy (non-hydrogen) atoms. The molecule has 0 spiro atoms. The lowest BCUT2D eigenvalue weighted by Gasteiger charge is -2.21. The number of aryl methyl sites for hydroxylation is 1. The van der Waals surface area contributed by atoms with E-state index in [1.54, 1.807) is 12.1 Å². The van der Waals surface area contributed by atoms with Crippen molar-refractivity contribution in [2.75, 3.05) is 11.0 Å². The van der Waals surface area contributed by atoms with Crippen molar-refractivity contribution in [3.63, 3.8) is 0 Å². The minimum atomic E-state index is -3.30. The van der Waals surface area contributed by atoms with Gasteiger partial charge in [0.1, 0.15) is 0 Å². The van der Waals surface area contributed by atoms with Gasteiger partial charge in [0.2, 0.25) is 10.0 Å². The molecule has 6 heteroatoms. The van der Waals surface area contributed by atoms with Crippen molar-refractivity contribution < 1.29 is 8.42 Å². The average molecular weight is 437 g/mol. The number of pyridine rings is 1. The van der Waals surface area contributed by atoms with Crippen LogP contribution >= 0.6 is 0 Å². The lowest BCUT2D eigenvalue weighted by Crippen LogP contribution is -2.13. The number of hydrogen-bond donors (Lipinski definition) is 2. The summed E-state index contributed by atoms with van der Waals surface area (Å²) in [5, 5.41) is 0. The zero-order chi connectivity index (χ0) is 22.8. The van der Waals surface area contributed by atoms with Crippen molar-refractivity contribution in [3.8, 4) is 11.1 Å². The fraction of sp³-hybridized carbons (Fsp3) is 0.240. The SMILES string of the molecule is Cc1ccc(-c2cc(C=Cc3ccc(NS(C)(=O)=O)cc3)cc(C(C)(C)C)c2)c(=O)[nH]1. The van der Waals surface area contributed by atoms with Crippen LogP contribution in [0.4, 0.5) is 5.69 Å². The van der Waals surface area contributed by atoms with Crippen molar-refractivity contribution in [2.45, 2.75) is 33.1 Å². The summed E-state index contributed by atoms with van der Waals surface area (Å²) in [6.07, 6.45) is 5.09. The molecule has 0 aliphatic rings. The van der Waals surface area contributed by atoms with Gasteiger partial charge in [-0.25, -0.2) is 8.42 Å². The van der Waals surface area contributed by atoms with Crippen LogP contribution in [0.1, 0.15) is 43.2 Å². The highest BCUT2D eigenvalue weighted by molar-refractivity contribution is 7.92. The van der Waals surface area contributed by atoms with Gasteiger partial charge < -0.3 is 4.98 Å². The molecular weight excluding hydrogens is 408 g/mol. The van der Waals surface area contributed by atoms with Crippen LogP contribution in [0, 0.1) is 6.92 Å². The second-order valence-electron chi connectivity index (χ2n) is 8.81. The summed E-state index contributed by atoms with van der Waals surface area (Å²) in [5.74, 6) is 0. The van der Waals surface area contributed by atoms with E-state index < -0.39 is 10.0 Å². The Morgan fingerprint density at radius 3 is 2.13 bits per heavy atom. The minimum Gasteiger partial charge on any atom is -0.326 e. The Morgan fingerprint density at radius 2 is 1.55 bits per heavy atom. The first-order valence-corrected chi connectivity index (χ1v) is 11.9. The standard InChI is InChI=1S/C25H28N2O3S/c1-17-6-13-23(24(28)26-17)20-14-19(15-21(16-20)25(2,3)4)8-7-18-9-11-22(12-10-18)27-31(5,29)30/h6-16,27H,1-5H3,(H,26,28). The van der Waals surface area contributed by atoms with Crippen molar-refractivity contribution in [1.82, 2.24) is 4.98 Å². The fourth-order valence-corrected chi connectivity index (χ4v) is 3.77. The van der Waals surface area contributed by atoms with Crippen molar-refractivity contribution in [1.29, 1.82) is 0 Å². The molecule has 0 radical (unpaired) electrons. The Morgan fingerprint density at radius 1 is 0.903 bits per heavy atom. The van der Waals surface area contributed by atoms with Gasteiger partial charge in [0.25, 0.3) is 5.56 Å². The highest BCUT2D eigenvalue weighted by Gasteiger charge is 2.16. The molecule has 0 saturated carbocycles. The Balaban J connectivity index is 1.98. The molecule has 2 N–H and O–H groups in total. The van der Waals surface area contributed by atoms with E-state index in [9.17, 15) is 13.2 Å². The lowest BCUT2D eigenvalue weighted by molar-refractivity contribution is 0.590. The topological polar surface area (TPSA) is 79.0 Å². The third-order valence-electron chi connectivity index (χ3n) is 4.87. The highest BCUT2D eigenvalue weighted by Crippen LogP contribution is 2.29. The summed E-state index contributed by atoms with van der Waals surface area (Å²) in [5.41, 5.74) is 5.76. The van der Waals surface area contributed by atoms with Crippen molar-refractivity contribution in [3.05, 3.63) is 87.3 Å². The molecule has 1 aromatic heterocycles. The van der Waals surface area contributed by atoms with Crippen LogP contribution in [0.2, 0.25) is 0 Å². The van der Waals surface area contributed by atoms with Gasteiger partial charge in [-0.15, -0.1) is 0 Å². The molecule has 0 fully saturated rings. The zero-order valence-electron chi connectivity index (χ0n) is 18.5. The third-order valence-corrected chi connectivity index (χ3v) is 5.48. The molecule has 0 atom stereocenters. The summed E-state index contributed by atoms with van der Waals surface area (Å²) in [6, 6.07) is 17.1. The summed E-state index contributed by atoms with van der Waals surface area (Å²) in [6.45, 7) is 8.30. The Labute approximate surface area is 183 Å². The first-order chi connectivity index (χ1) is 14.4. The lowest BCUT2D eigenvalue weighted by atomic mass is 9.84. The van der Waals surface area contributed by atoms with E-state index in [4.69, 9.17) is 0 Å². The number of sulfonamides is 1. The molecule has 0 bridgehead atoms. The number of aromatic nitrogens is 1. The maximum atomic E-state index is 12.5. The Hall–Kier alpha value is -3.12. The van der Waals surface area contributed by atoms with E-state index in [0.29, 0.717) is 11.3 Å². The number of anilines is 1. The van der Waals surface area contributed by atoms with E-state index in [1.807, 2.05) is 49.4 Å². The quantitative estimate of drug-likeness (QED) is 0.540. The number of H-pyrrole nitrogens is 1. The minimum absolute atomic E-state index is 0.0744. The first kappa shape index (κ1) is 22.6. The molecule has 0 unspecified atom stereocenters. The fourth-order valence-electron chi connectivity index (χ4n) is 3.20. The largest absolute Gasteiger partial charge is 0.326 e. The molecule has 1 heterocycles. The van der Waals surface area contributed by atoms with E-state index in [1.165, 1.54) is 0 Å². The molecule has 0 aliphatic heterocycles. The van der Waals surface area contributed by atoms with Gasteiger partial charge in [0, 0.05) is 16.9 Å². The Bertz CT molecular complexity index is 1280.